The summed E-state index contributed by atoms with van der Waals surface area (Å²) in [6.07, 6.45) is 2.03. The number of carbonyl (C=O) groups is 1. The van der Waals surface area contributed by atoms with E-state index in [-0.39, 0.29) is 0 Å². The van der Waals surface area contributed by atoms with E-state index in [2.05, 4.69) is 22.1 Å². The fourth-order valence-electron chi connectivity index (χ4n) is 0.263. The van der Waals surface area contributed by atoms with Crippen LogP contribution in [-0.2, 0) is 14.0 Å². The highest BCUT2D eigenvalue weighted by Gasteiger charge is 1.84. The Kier molecular flexibility index (Phi) is 6.89. The van der Waals surface area contributed by atoms with Gasteiger partial charge in [-0.05, 0) is 6.42 Å². The molecule has 48 valence electrons. The second-order valence-electron chi connectivity index (χ2n) is 1.21. The van der Waals surface area contributed by atoms with Crippen molar-refractivity contribution in [1.29, 1.82) is 0 Å². The van der Waals surface area contributed by atoms with Gasteiger partial charge in [0.2, 0.25) is 0 Å². The van der Waals surface area contributed by atoms with E-state index in [9.17, 15) is 4.79 Å². The molecule has 0 bridgehead atoms. The molecule has 0 heterocycles. The molecule has 0 aliphatic rings. The van der Waals surface area contributed by atoms with Crippen molar-refractivity contribution in [2.45, 2.75) is 12.8 Å². The molecule has 0 unspecified atom stereocenters. The number of hydrogen-bond donors (Lipinski definition) is 1. The molecule has 0 rings (SSSR count). The Morgan fingerprint density at radius 3 is 2.88 bits per heavy atom. The Balaban J connectivity index is 2.62. The highest BCUT2D eigenvalue weighted by Crippen LogP contribution is 1.87. The van der Waals surface area contributed by atoms with Crippen LogP contribution >= 0.6 is 12.9 Å². The quantitative estimate of drug-likeness (QED) is 0.151. The van der Waals surface area contributed by atoms with Crippen LogP contribution in [0.2, 0.25) is 0 Å². The predicted octanol–water partition coefficient (Wildman–Crippen LogP) is 0.758. The molecule has 0 atom stereocenters. The Morgan fingerprint density at radius 1 is 1.62 bits per heavy atom. The number of aldehydes is 1. The van der Waals surface area contributed by atoms with Crippen LogP contribution in [0.5, 0.6) is 0 Å². The van der Waals surface area contributed by atoms with Gasteiger partial charge >= 0.3 is 0 Å². The zero-order valence-electron chi connectivity index (χ0n) is 4.37. The fourth-order valence-corrected chi connectivity index (χ4v) is 0.337. The van der Waals surface area contributed by atoms with Gasteiger partial charge in [-0.1, -0.05) is 0 Å². The summed E-state index contributed by atoms with van der Waals surface area (Å²) in [5.41, 5.74) is 0. The van der Waals surface area contributed by atoms with Crippen LogP contribution in [-0.4, -0.2) is 12.9 Å². The van der Waals surface area contributed by atoms with Crippen molar-refractivity contribution < 1.29 is 14.0 Å². The summed E-state index contributed by atoms with van der Waals surface area (Å²) < 4.78 is 3.97. The summed E-state index contributed by atoms with van der Waals surface area (Å²) in [5.74, 6) is 0. The van der Waals surface area contributed by atoms with Crippen molar-refractivity contribution >= 4 is 19.2 Å². The molecule has 0 radical (unpaired) electrons. The molecule has 0 aliphatic heterocycles. The van der Waals surface area contributed by atoms with Crippen LogP contribution < -0.4 is 0 Å². The van der Waals surface area contributed by atoms with Gasteiger partial charge < -0.3 is 4.79 Å². The molecule has 0 fully saturated rings. The van der Waals surface area contributed by atoms with Gasteiger partial charge in [-0.3, -0.25) is 0 Å². The normalized spacial score (nSPS) is 9.12. The second kappa shape index (κ2) is 6.94. The molecule has 0 aromatic heterocycles. The van der Waals surface area contributed by atoms with Gasteiger partial charge in [0.25, 0.3) is 0 Å². The van der Waals surface area contributed by atoms with E-state index < -0.39 is 0 Å². The van der Waals surface area contributed by atoms with Crippen molar-refractivity contribution in [3.8, 4) is 0 Å². The van der Waals surface area contributed by atoms with Gasteiger partial charge in [0.15, 0.2) is 0 Å². The molecular formula is C4H8O3S. The smallest absolute Gasteiger partial charge is 0.120 e. The number of thiol groups is 1. The Hall–Kier alpha value is -0.0600. The van der Waals surface area contributed by atoms with E-state index in [4.69, 9.17) is 0 Å². The van der Waals surface area contributed by atoms with Gasteiger partial charge in [-0.2, -0.15) is 4.33 Å². The number of rotatable bonds is 5. The van der Waals surface area contributed by atoms with Crippen LogP contribution in [0.25, 0.3) is 0 Å². The van der Waals surface area contributed by atoms with Crippen LogP contribution in [0.15, 0.2) is 0 Å². The molecule has 0 N–H and O–H groups in total. The minimum Gasteiger partial charge on any atom is -0.303 e. The number of carbonyl (C=O) groups excluding carboxylic acids is 1. The number of hydrogen-bond acceptors (Lipinski definition) is 4. The average Bonchev–Trinajstić information content (AvgIpc) is 1.81. The Morgan fingerprint density at radius 2 is 2.38 bits per heavy atom. The van der Waals surface area contributed by atoms with Crippen molar-refractivity contribution in [3.63, 3.8) is 0 Å². The Labute approximate surface area is 53.5 Å². The van der Waals surface area contributed by atoms with E-state index in [0.29, 0.717) is 19.4 Å². The molecular weight excluding hydrogens is 128 g/mol. The van der Waals surface area contributed by atoms with Crippen LogP contribution in [0.3, 0.4) is 0 Å². The van der Waals surface area contributed by atoms with E-state index in [1.54, 1.807) is 0 Å². The fraction of sp³-hybridized carbons (Fsp3) is 0.750. The van der Waals surface area contributed by atoms with E-state index in [1.165, 1.54) is 0 Å². The molecule has 0 amide bonds. The second-order valence-corrected chi connectivity index (χ2v) is 1.35. The minimum absolute atomic E-state index is 0.419. The van der Waals surface area contributed by atoms with Crippen LogP contribution in [0.4, 0.5) is 0 Å². The van der Waals surface area contributed by atoms with Crippen molar-refractivity contribution in [3.05, 3.63) is 0 Å². The van der Waals surface area contributed by atoms with Gasteiger partial charge in [0.05, 0.1) is 6.61 Å². The molecule has 0 aromatic carbocycles. The standard InChI is InChI=1S/C4H8O3S/c5-3-1-2-4-6-7-8/h3,8H,1-2,4H2. The van der Waals surface area contributed by atoms with Gasteiger partial charge in [-0.15, -0.1) is 0 Å². The first-order valence-corrected chi connectivity index (χ1v) is 2.65. The maximum Gasteiger partial charge on any atom is 0.120 e. The summed E-state index contributed by atoms with van der Waals surface area (Å²) >= 11 is 3.31. The first-order chi connectivity index (χ1) is 3.91. The van der Waals surface area contributed by atoms with Gasteiger partial charge in [0.1, 0.15) is 6.29 Å². The maximum atomic E-state index is 9.65. The van der Waals surface area contributed by atoms with Crippen molar-refractivity contribution in [1.82, 2.24) is 0 Å². The van der Waals surface area contributed by atoms with Gasteiger partial charge in [0, 0.05) is 19.3 Å². The third-order valence-electron chi connectivity index (χ3n) is 0.602. The molecule has 0 saturated heterocycles. The third kappa shape index (κ3) is 5.94. The molecule has 3 nitrogen and oxygen atoms in total. The first kappa shape index (κ1) is 7.94. The zero-order valence-corrected chi connectivity index (χ0v) is 5.27. The molecule has 4 heteroatoms. The average molecular weight is 136 g/mol. The van der Waals surface area contributed by atoms with Crippen LogP contribution in [0.1, 0.15) is 12.8 Å². The lowest BCUT2D eigenvalue weighted by atomic mass is 10.4. The number of unbranched alkanes of at least 4 members (excludes halogenated alkanes) is 1. The molecule has 0 aliphatic carbocycles. The Bertz CT molecular complexity index is 57.2. The largest absolute Gasteiger partial charge is 0.303 e. The predicted molar refractivity (Wildman–Crippen MR) is 31.3 cm³/mol. The van der Waals surface area contributed by atoms with Crippen LogP contribution in [0, 0.1) is 0 Å². The highest BCUT2D eigenvalue weighted by molar-refractivity contribution is 7.74. The molecule has 8 heavy (non-hydrogen) atoms. The lowest BCUT2D eigenvalue weighted by Crippen LogP contribution is -1.89. The topological polar surface area (TPSA) is 35.5 Å². The lowest BCUT2D eigenvalue weighted by Gasteiger charge is -1.92. The van der Waals surface area contributed by atoms with E-state index >= 15 is 0 Å². The SMILES string of the molecule is O=CCCCOOS. The highest BCUT2D eigenvalue weighted by atomic mass is 32.1. The van der Waals surface area contributed by atoms with Crippen molar-refractivity contribution in [2.75, 3.05) is 6.61 Å². The summed E-state index contributed by atoms with van der Waals surface area (Å²) in [6.45, 7) is 0.419. The molecule has 0 spiro atoms. The van der Waals surface area contributed by atoms with E-state index in [1.807, 2.05) is 0 Å². The van der Waals surface area contributed by atoms with E-state index in [0.717, 1.165) is 6.29 Å². The summed E-state index contributed by atoms with van der Waals surface area (Å²) in [6, 6.07) is 0. The summed E-state index contributed by atoms with van der Waals surface area (Å²) in [4.78, 5) is 14.0. The first-order valence-electron chi connectivity index (χ1n) is 2.28. The zero-order chi connectivity index (χ0) is 6.24. The third-order valence-corrected chi connectivity index (χ3v) is 0.708. The molecule has 0 aromatic rings. The summed E-state index contributed by atoms with van der Waals surface area (Å²) in [7, 11) is 0. The van der Waals surface area contributed by atoms with Gasteiger partial charge in [-0.25, -0.2) is 4.89 Å². The monoisotopic (exact) mass is 136 g/mol. The minimum atomic E-state index is 0.419. The molecule has 0 saturated carbocycles. The van der Waals surface area contributed by atoms with Crippen molar-refractivity contribution in [2.24, 2.45) is 0 Å². The maximum absolute atomic E-state index is 9.65. The summed E-state index contributed by atoms with van der Waals surface area (Å²) in [5, 5.41) is 0. The lowest BCUT2D eigenvalue weighted by molar-refractivity contribution is -0.188.